The zero-order valence-electron chi connectivity index (χ0n) is 19.8. The molecule has 2 aromatic heterocycles. The largest absolute Gasteiger partial charge is 0.349 e. The van der Waals surface area contributed by atoms with Gasteiger partial charge in [0.15, 0.2) is 5.16 Å². The second kappa shape index (κ2) is 10.6. The molecule has 35 heavy (non-hydrogen) atoms. The molecule has 2 aromatic carbocycles. The molecule has 5 nitrogen and oxygen atoms in total. The fourth-order valence-corrected chi connectivity index (χ4v) is 5.68. The number of nitrogens with zero attached hydrogens (tertiary/aromatic N) is 3. The quantitative estimate of drug-likeness (QED) is 0.314. The van der Waals surface area contributed by atoms with Crippen LogP contribution in [0.25, 0.3) is 11.0 Å². The van der Waals surface area contributed by atoms with Crippen LogP contribution >= 0.6 is 11.8 Å². The lowest BCUT2D eigenvalue weighted by Crippen LogP contribution is -2.41. The average Bonchev–Trinajstić information content (AvgIpc) is 3.21. The molecule has 1 aliphatic rings. The minimum Gasteiger partial charge on any atom is -0.349 e. The second-order valence-corrected chi connectivity index (χ2v) is 10.2. The molecule has 0 saturated heterocycles. The van der Waals surface area contributed by atoms with Crippen LogP contribution in [0.3, 0.4) is 0 Å². The number of imidazole rings is 1. The van der Waals surface area contributed by atoms with Crippen LogP contribution in [-0.2, 0) is 12.3 Å². The van der Waals surface area contributed by atoms with Crippen LogP contribution in [0.15, 0.2) is 72.1 Å². The first-order chi connectivity index (χ1) is 17.1. The number of carbonyl (C=O) groups excluding carboxylic acids is 1. The van der Waals surface area contributed by atoms with Crippen LogP contribution in [-0.4, -0.2) is 26.5 Å². The minimum atomic E-state index is -0.249. The first-order valence-electron chi connectivity index (χ1n) is 12.1. The first-order valence-corrected chi connectivity index (χ1v) is 13.1. The molecule has 0 aliphatic heterocycles. The summed E-state index contributed by atoms with van der Waals surface area (Å²) in [6.07, 6.45) is 8.22. The average molecular weight is 489 g/mol. The van der Waals surface area contributed by atoms with Crippen molar-refractivity contribution in [2.24, 2.45) is 5.92 Å². The van der Waals surface area contributed by atoms with Gasteiger partial charge in [-0.25, -0.2) is 9.37 Å². The number of hydrogen-bond acceptors (Lipinski definition) is 4. The van der Waals surface area contributed by atoms with Gasteiger partial charge in [-0.2, -0.15) is 0 Å². The van der Waals surface area contributed by atoms with Gasteiger partial charge in [-0.1, -0.05) is 55.8 Å². The topological polar surface area (TPSA) is 59.8 Å². The Labute approximate surface area is 209 Å². The predicted octanol–water partition coefficient (Wildman–Crippen LogP) is 6.22. The lowest BCUT2D eigenvalue weighted by atomic mass is 9.86. The Hall–Kier alpha value is -3.19. The number of halogens is 1. The van der Waals surface area contributed by atoms with Gasteiger partial charge in [0.1, 0.15) is 5.82 Å². The maximum Gasteiger partial charge on any atom is 0.251 e. The van der Waals surface area contributed by atoms with E-state index in [1.807, 2.05) is 36.4 Å². The van der Waals surface area contributed by atoms with E-state index in [4.69, 9.17) is 4.98 Å². The Morgan fingerprint density at radius 2 is 1.94 bits per heavy atom. The molecule has 1 aliphatic carbocycles. The first kappa shape index (κ1) is 23.5. The van der Waals surface area contributed by atoms with E-state index in [9.17, 15) is 9.18 Å². The van der Waals surface area contributed by atoms with Crippen LogP contribution in [0.2, 0.25) is 0 Å². The lowest BCUT2D eigenvalue weighted by Gasteiger charge is -2.29. The zero-order chi connectivity index (χ0) is 24.2. The molecule has 4 aromatic rings. The van der Waals surface area contributed by atoms with E-state index in [2.05, 4.69) is 21.8 Å². The van der Waals surface area contributed by atoms with E-state index in [1.54, 1.807) is 36.3 Å². The number of benzene rings is 2. The predicted molar refractivity (Wildman–Crippen MR) is 138 cm³/mol. The summed E-state index contributed by atoms with van der Waals surface area (Å²) in [5.74, 6) is 1.00. The summed E-state index contributed by atoms with van der Waals surface area (Å²) in [5.41, 5.74) is 4.46. The number of carbonyl (C=O) groups is 1. The van der Waals surface area contributed by atoms with Crippen molar-refractivity contribution in [2.75, 3.05) is 0 Å². The van der Waals surface area contributed by atoms with E-state index in [-0.39, 0.29) is 17.8 Å². The number of pyridine rings is 1. The Morgan fingerprint density at radius 3 is 2.74 bits per heavy atom. The maximum atomic E-state index is 13.7. The van der Waals surface area contributed by atoms with Gasteiger partial charge in [-0.15, -0.1) is 0 Å². The highest BCUT2D eigenvalue weighted by atomic mass is 32.2. The van der Waals surface area contributed by atoms with Crippen molar-refractivity contribution >= 4 is 28.7 Å². The van der Waals surface area contributed by atoms with Crippen molar-refractivity contribution in [1.82, 2.24) is 19.9 Å². The van der Waals surface area contributed by atoms with Gasteiger partial charge in [0.25, 0.3) is 5.91 Å². The third-order valence-electron chi connectivity index (χ3n) is 6.76. The number of rotatable bonds is 7. The fourth-order valence-electron chi connectivity index (χ4n) is 4.71. The van der Waals surface area contributed by atoms with E-state index in [0.29, 0.717) is 23.8 Å². The molecule has 0 unspecified atom stereocenters. The number of nitrogens with one attached hydrogen (secondary N) is 1. The fraction of sp³-hybridized carbons (Fsp3) is 0.321. The summed E-state index contributed by atoms with van der Waals surface area (Å²) in [6.45, 7) is 2.74. The van der Waals surface area contributed by atoms with Gasteiger partial charge in [-0.3, -0.25) is 9.78 Å². The standard InChI is InChI=1S/C28H29FN4OS/c1-19-5-2-3-8-24(19)31-27(34)22-11-9-20(10-12-22)18-35-28-32-25-13-14-30-16-26(25)33(28)17-21-6-4-7-23(29)15-21/h4,6-7,9-16,19,24H,2-3,5,8,17-18H2,1H3,(H,31,34)/t19-,24-/m0/s1. The third-order valence-corrected chi connectivity index (χ3v) is 7.80. The molecular formula is C28H29FN4OS. The van der Waals surface area contributed by atoms with E-state index < -0.39 is 0 Å². The molecule has 5 rings (SSSR count). The summed E-state index contributed by atoms with van der Waals surface area (Å²) in [7, 11) is 0. The summed E-state index contributed by atoms with van der Waals surface area (Å²) < 4.78 is 15.8. The minimum absolute atomic E-state index is 0.00680. The summed E-state index contributed by atoms with van der Waals surface area (Å²) in [5, 5.41) is 4.07. The molecule has 1 fully saturated rings. The molecule has 1 N–H and O–H groups in total. The lowest BCUT2D eigenvalue weighted by molar-refractivity contribution is 0.0910. The smallest absolute Gasteiger partial charge is 0.251 e. The number of aromatic nitrogens is 3. The Bertz CT molecular complexity index is 1320. The monoisotopic (exact) mass is 488 g/mol. The molecule has 2 heterocycles. The SMILES string of the molecule is C[C@H]1CCCC[C@@H]1NC(=O)c1ccc(CSc2nc3ccncc3n2Cc2cccc(F)c2)cc1. The van der Waals surface area contributed by atoms with E-state index in [1.165, 1.54) is 25.3 Å². The highest BCUT2D eigenvalue weighted by molar-refractivity contribution is 7.98. The zero-order valence-corrected chi connectivity index (χ0v) is 20.6. The van der Waals surface area contributed by atoms with E-state index in [0.717, 1.165) is 33.7 Å². The summed E-state index contributed by atoms with van der Waals surface area (Å²) >= 11 is 1.62. The summed E-state index contributed by atoms with van der Waals surface area (Å²) in [4.78, 5) is 21.8. The third kappa shape index (κ3) is 5.56. The van der Waals surface area contributed by atoms with Crippen molar-refractivity contribution in [3.63, 3.8) is 0 Å². The van der Waals surface area contributed by atoms with Crippen molar-refractivity contribution in [2.45, 2.75) is 56.1 Å². The summed E-state index contributed by atoms with van der Waals surface area (Å²) in [6, 6.07) is 16.6. The molecule has 0 spiro atoms. The second-order valence-electron chi connectivity index (χ2n) is 9.30. The van der Waals surface area contributed by atoms with Crippen molar-refractivity contribution in [3.05, 3.63) is 89.5 Å². The van der Waals surface area contributed by atoms with Gasteiger partial charge in [0.2, 0.25) is 0 Å². The number of fused-ring (bicyclic) bond motifs is 1. The number of amides is 1. The number of thioether (sulfide) groups is 1. The molecule has 2 atom stereocenters. The van der Waals surface area contributed by atoms with Crippen LogP contribution in [0.4, 0.5) is 4.39 Å². The van der Waals surface area contributed by atoms with Crippen LogP contribution in [0.5, 0.6) is 0 Å². The van der Waals surface area contributed by atoms with Crippen molar-refractivity contribution in [3.8, 4) is 0 Å². The molecule has 1 saturated carbocycles. The maximum absolute atomic E-state index is 13.7. The van der Waals surface area contributed by atoms with Gasteiger partial charge < -0.3 is 9.88 Å². The van der Waals surface area contributed by atoms with Crippen LogP contribution in [0, 0.1) is 11.7 Å². The van der Waals surface area contributed by atoms with Gasteiger partial charge >= 0.3 is 0 Å². The molecule has 7 heteroatoms. The number of hydrogen-bond donors (Lipinski definition) is 1. The Kier molecular flexibility index (Phi) is 7.13. The normalized spacial score (nSPS) is 18.0. The Morgan fingerprint density at radius 1 is 1.11 bits per heavy atom. The van der Waals surface area contributed by atoms with E-state index >= 15 is 0 Å². The molecule has 180 valence electrons. The molecule has 1 amide bonds. The van der Waals surface area contributed by atoms with Crippen molar-refractivity contribution in [1.29, 1.82) is 0 Å². The van der Waals surface area contributed by atoms with Gasteiger partial charge in [-0.05, 0) is 60.2 Å². The Balaban J connectivity index is 1.28. The van der Waals surface area contributed by atoms with Crippen LogP contribution < -0.4 is 5.32 Å². The highest BCUT2D eigenvalue weighted by Crippen LogP contribution is 2.28. The van der Waals surface area contributed by atoms with Crippen molar-refractivity contribution < 1.29 is 9.18 Å². The van der Waals surface area contributed by atoms with Gasteiger partial charge in [0.05, 0.1) is 23.8 Å². The molecule has 0 radical (unpaired) electrons. The molecular weight excluding hydrogens is 459 g/mol. The van der Waals surface area contributed by atoms with Gasteiger partial charge in [0, 0.05) is 23.6 Å². The molecule has 0 bridgehead atoms. The highest BCUT2D eigenvalue weighted by Gasteiger charge is 2.23. The van der Waals surface area contributed by atoms with Crippen LogP contribution in [0.1, 0.15) is 54.1 Å².